The molecule has 1 aliphatic carbocycles. The summed E-state index contributed by atoms with van der Waals surface area (Å²) in [5, 5.41) is 6.33. The average molecular weight is 313 g/mol. The summed E-state index contributed by atoms with van der Waals surface area (Å²) in [4.78, 5) is 26.2. The Balaban J connectivity index is 1.63. The third-order valence-corrected chi connectivity index (χ3v) is 4.11. The minimum absolute atomic E-state index is 0.0146. The van der Waals surface area contributed by atoms with Crippen LogP contribution in [0.4, 0.5) is 5.82 Å². The Kier molecular flexibility index (Phi) is 3.90. The predicted molar refractivity (Wildman–Crippen MR) is 84.9 cm³/mol. The summed E-state index contributed by atoms with van der Waals surface area (Å²) in [5.41, 5.74) is 0.560. The van der Waals surface area contributed by atoms with E-state index in [1.807, 2.05) is 30.3 Å². The SMILES string of the molecule is Cc1cc(NC(=O)CN(C)C(=O)C2(c3ccccc3)CC2)no1. The van der Waals surface area contributed by atoms with Gasteiger partial charge in [-0.05, 0) is 25.3 Å². The number of carbonyl (C=O) groups excluding carboxylic acids is 2. The fourth-order valence-corrected chi connectivity index (χ4v) is 2.77. The molecule has 2 amide bonds. The van der Waals surface area contributed by atoms with E-state index in [4.69, 9.17) is 4.52 Å². The summed E-state index contributed by atoms with van der Waals surface area (Å²) in [5.74, 6) is 0.663. The maximum Gasteiger partial charge on any atom is 0.245 e. The van der Waals surface area contributed by atoms with Crippen molar-refractivity contribution in [3.8, 4) is 0 Å². The van der Waals surface area contributed by atoms with Crippen LogP contribution in [-0.4, -0.2) is 35.5 Å². The molecular weight excluding hydrogens is 294 g/mol. The van der Waals surface area contributed by atoms with Gasteiger partial charge in [0.15, 0.2) is 5.82 Å². The first-order valence-electron chi connectivity index (χ1n) is 7.55. The lowest BCUT2D eigenvalue weighted by Crippen LogP contribution is -2.41. The van der Waals surface area contributed by atoms with Gasteiger partial charge in [0.25, 0.3) is 0 Å². The second kappa shape index (κ2) is 5.87. The Labute approximate surface area is 134 Å². The zero-order chi connectivity index (χ0) is 16.4. The van der Waals surface area contributed by atoms with Crippen molar-refractivity contribution in [1.82, 2.24) is 10.1 Å². The number of aryl methyl sites for hydroxylation is 1. The first kappa shape index (κ1) is 15.3. The van der Waals surface area contributed by atoms with Crippen LogP contribution in [0.3, 0.4) is 0 Å². The van der Waals surface area contributed by atoms with E-state index in [1.54, 1.807) is 20.0 Å². The highest BCUT2D eigenvalue weighted by atomic mass is 16.5. The summed E-state index contributed by atoms with van der Waals surface area (Å²) in [6.07, 6.45) is 1.65. The molecule has 1 aromatic heterocycles. The van der Waals surface area contributed by atoms with Gasteiger partial charge < -0.3 is 14.7 Å². The number of carbonyl (C=O) groups is 2. The van der Waals surface area contributed by atoms with Crippen molar-refractivity contribution in [3.05, 3.63) is 47.7 Å². The standard InChI is InChI=1S/C17H19N3O3/c1-12-10-14(19-23-12)18-15(21)11-20(2)16(22)17(8-9-17)13-6-4-3-5-7-13/h3-7,10H,8-9,11H2,1-2H3,(H,18,19,21). The number of rotatable bonds is 5. The Bertz CT molecular complexity index is 720. The molecule has 0 spiro atoms. The second-order valence-corrected chi connectivity index (χ2v) is 5.98. The molecule has 1 aliphatic rings. The summed E-state index contributed by atoms with van der Waals surface area (Å²) < 4.78 is 4.89. The molecule has 0 aliphatic heterocycles. The molecule has 6 nitrogen and oxygen atoms in total. The van der Waals surface area contributed by atoms with Crippen molar-refractivity contribution in [2.24, 2.45) is 0 Å². The molecule has 6 heteroatoms. The van der Waals surface area contributed by atoms with Crippen LogP contribution < -0.4 is 5.32 Å². The van der Waals surface area contributed by atoms with Crippen molar-refractivity contribution < 1.29 is 14.1 Å². The Morgan fingerprint density at radius 3 is 2.57 bits per heavy atom. The fraction of sp³-hybridized carbons (Fsp3) is 0.353. The van der Waals surface area contributed by atoms with Crippen LogP contribution >= 0.6 is 0 Å². The van der Waals surface area contributed by atoms with Crippen molar-refractivity contribution in [2.75, 3.05) is 18.9 Å². The van der Waals surface area contributed by atoms with Crippen LogP contribution in [0.1, 0.15) is 24.2 Å². The molecule has 1 fully saturated rings. The van der Waals surface area contributed by atoms with E-state index in [-0.39, 0.29) is 18.4 Å². The predicted octanol–water partition coefficient (Wildman–Crippen LogP) is 2.11. The zero-order valence-electron chi connectivity index (χ0n) is 13.2. The van der Waals surface area contributed by atoms with Crippen LogP contribution in [0, 0.1) is 6.92 Å². The lowest BCUT2D eigenvalue weighted by molar-refractivity contribution is -0.135. The number of nitrogens with zero attached hydrogens (tertiary/aromatic N) is 2. The maximum atomic E-state index is 12.7. The van der Waals surface area contributed by atoms with E-state index in [9.17, 15) is 9.59 Å². The van der Waals surface area contributed by atoms with Crippen molar-refractivity contribution in [3.63, 3.8) is 0 Å². The minimum Gasteiger partial charge on any atom is -0.360 e. The number of benzene rings is 1. The van der Waals surface area contributed by atoms with E-state index < -0.39 is 5.41 Å². The number of amides is 2. The number of nitrogens with one attached hydrogen (secondary N) is 1. The zero-order valence-corrected chi connectivity index (χ0v) is 13.2. The first-order valence-corrected chi connectivity index (χ1v) is 7.55. The monoisotopic (exact) mass is 313 g/mol. The lowest BCUT2D eigenvalue weighted by Gasteiger charge is -2.23. The van der Waals surface area contributed by atoms with Gasteiger partial charge in [0, 0.05) is 13.1 Å². The van der Waals surface area contributed by atoms with Crippen LogP contribution in [0.2, 0.25) is 0 Å². The van der Waals surface area contributed by atoms with E-state index in [1.165, 1.54) is 4.90 Å². The molecule has 0 bridgehead atoms. The largest absolute Gasteiger partial charge is 0.360 e. The molecule has 120 valence electrons. The molecule has 0 unspecified atom stereocenters. The molecule has 1 N–H and O–H groups in total. The molecule has 1 saturated carbocycles. The summed E-state index contributed by atoms with van der Waals surface area (Å²) >= 11 is 0. The number of likely N-dealkylation sites (N-methyl/N-ethyl adjacent to an activating group) is 1. The van der Waals surface area contributed by atoms with Gasteiger partial charge in [0.2, 0.25) is 11.8 Å². The van der Waals surface area contributed by atoms with Gasteiger partial charge in [0.1, 0.15) is 5.76 Å². The quantitative estimate of drug-likeness (QED) is 0.917. The number of anilines is 1. The molecule has 1 heterocycles. The highest BCUT2D eigenvalue weighted by molar-refractivity contribution is 5.97. The van der Waals surface area contributed by atoms with Crippen molar-refractivity contribution in [1.29, 1.82) is 0 Å². The van der Waals surface area contributed by atoms with E-state index in [0.29, 0.717) is 11.6 Å². The summed E-state index contributed by atoms with van der Waals surface area (Å²) in [6.45, 7) is 1.73. The van der Waals surface area contributed by atoms with Crippen molar-refractivity contribution >= 4 is 17.6 Å². The molecule has 0 saturated heterocycles. The number of aromatic nitrogens is 1. The average Bonchev–Trinajstić information content (AvgIpc) is 3.25. The molecule has 2 aromatic rings. The van der Waals surface area contributed by atoms with E-state index in [0.717, 1.165) is 18.4 Å². The van der Waals surface area contributed by atoms with Crippen LogP contribution in [0.25, 0.3) is 0 Å². The first-order chi connectivity index (χ1) is 11.0. The second-order valence-electron chi connectivity index (χ2n) is 5.98. The molecular formula is C17H19N3O3. The Morgan fingerprint density at radius 2 is 2.00 bits per heavy atom. The van der Waals surface area contributed by atoms with Crippen LogP contribution in [0.15, 0.2) is 40.9 Å². The third-order valence-electron chi connectivity index (χ3n) is 4.11. The van der Waals surface area contributed by atoms with Crippen LogP contribution in [-0.2, 0) is 15.0 Å². The number of hydrogen-bond donors (Lipinski definition) is 1. The normalized spacial score (nSPS) is 15.0. The van der Waals surface area contributed by atoms with Crippen LogP contribution in [0.5, 0.6) is 0 Å². The minimum atomic E-state index is -0.458. The lowest BCUT2D eigenvalue weighted by atomic mass is 9.94. The fourth-order valence-electron chi connectivity index (χ4n) is 2.77. The van der Waals surface area contributed by atoms with Gasteiger partial charge in [-0.3, -0.25) is 9.59 Å². The van der Waals surface area contributed by atoms with E-state index in [2.05, 4.69) is 10.5 Å². The van der Waals surface area contributed by atoms with Gasteiger partial charge in [0.05, 0.1) is 12.0 Å². The van der Waals surface area contributed by atoms with Gasteiger partial charge >= 0.3 is 0 Å². The summed E-state index contributed by atoms with van der Waals surface area (Å²) in [6, 6.07) is 11.4. The summed E-state index contributed by atoms with van der Waals surface area (Å²) in [7, 11) is 1.65. The van der Waals surface area contributed by atoms with Crippen molar-refractivity contribution in [2.45, 2.75) is 25.2 Å². The van der Waals surface area contributed by atoms with Gasteiger partial charge in [-0.15, -0.1) is 0 Å². The molecule has 3 rings (SSSR count). The number of hydrogen-bond acceptors (Lipinski definition) is 4. The van der Waals surface area contributed by atoms with E-state index >= 15 is 0 Å². The Morgan fingerprint density at radius 1 is 1.30 bits per heavy atom. The molecule has 23 heavy (non-hydrogen) atoms. The molecule has 1 aromatic carbocycles. The van der Waals surface area contributed by atoms with Gasteiger partial charge in [-0.25, -0.2) is 0 Å². The maximum absolute atomic E-state index is 12.7. The van der Waals surface area contributed by atoms with Gasteiger partial charge in [-0.2, -0.15) is 0 Å². The highest BCUT2D eigenvalue weighted by Gasteiger charge is 2.52. The Hall–Kier alpha value is -2.63. The molecule has 0 radical (unpaired) electrons. The topological polar surface area (TPSA) is 75.4 Å². The smallest absolute Gasteiger partial charge is 0.245 e. The van der Waals surface area contributed by atoms with Gasteiger partial charge in [-0.1, -0.05) is 35.5 Å². The molecule has 0 atom stereocenters. The third kappa shape index (κ3) is 3.11. The highest BCUT2D eigenvalue weighted by Crippen LogP contribution is 2.49.